The van der Waals surface area contributed by atoms with Gasteiger partial charge in [-0.1, -0.05) is 17.7 Å². The van der Waals surface area contributed by atoms with Gasteiger partial charge in [-0.3, -0.25) is 4.79 Å². The summed E-state index contributed by atoms with van der Waals surface area (Å²) in [4.78, 5) is 27.3. The molecule has 0 saturated heterocycles. The van der Waals surface area contributed by atoms with Crippen LogP contribution in [-0.2, 0) is 9.53 Å². The monoisotopic (exact) mass is 390 g/mol. The molecule has 0 aliphatic carbocycles. The van der Waals surface area contributed by atoms with Crippen molar-refractivity contribution in [2.45, 2.75) is 27.2 Å². The summed E-state index contributed by atoms with van der Waals surface area (Å²) < 4.78 is 10.7. The van der Waals surface area contributed by atoms with Crippen LogP contribution >= 0.6 is 11.6 Å². The van der Waals surface area contributed by atoms with Crippen molar-refractivity contribution in [2.75, 3.05) is 19.8 Å². The maximum Gasteiger partial charge on any atom is 0.340 e. The summed E-state index contributed by atoms with van der Waals surface area (Å²) in [7, 11) is 0. The van der Waals surface area contributed by atoms with E-state index in [-0.39, 0.29) is 23.2 Å². The van der Waals surface area contributed by atoms with Crippen LogP contribution in [0.3, 0.4) is 0 Å². The molecule has 1 heterocycles. The highest BCUT2D eigenvalue weighted by Gasteiger charge is 2.10. The van der Waals surface area contributed by atoms with Gasteiger partial charge in [-0.25, -0.2) is 9.78 Å². The maximum absolute atomic E-state index is 11.8. The lowest BCUT2D eigenvalue weighted by atomic mass is 10.1. The number of hydrogen-bond donors (Lipinski definition) is 1. The summed E-state index contributed by atoms with van der Waals surface area (Å²) in [6.45, 7) is 6.68. The van der Waals surface area contributed by atoms with E-state index in [1.165, 1.54) is 23.9 Å². The molecule has 0 radical (unpaired) electrons. The summed E-state index contributed by atoms with van der Waals surface area (Å²) in [5.41, 5.74) is 3.70. The number of nitrogens with zero attached hydrogens (tertiary/aromatic N) is 1. The Labute approximate surface area is 163 Å². The van der Waals surface area contributed by atoms with Crippen molar-refractivity contribution < 1.29 is 19.1 Å². The molecular formula is C20H23ClN2O4. The summed E-state index contributed by atoms with van der Waals surface area (Å²) in [6.07, 6.45) is 1.95. The Balaban J connectivity index is 1.65. The molecule has 2 aromatic rings. The molecule has 0 fully saturated rings. The molecule has 0 spiro atoms. The molecule has 2 rings (SSSR count). The Bertz CT molecular complexity index is 806. The second-order valence-electron chi connectivity index (χ2n) is 6.20. The lowest BCUT2D eigenvalue weighted by molar-refractivity contribution is -0.124. The lowest BCUT2D eigenvalue weighted by Crippen LogP contribution is -2.30. The molecule has 0 atom stereocenters. The SMILES string of the molecule is Cc1cc(C)c(C)c(OCCCNC(=O)COC(=O)c2ccc(Cl)nc2)c1. The standard InChI is InChI=1S/C20H23ClN2O4/c1-13-9-14(2)15(3)17(10-13)26-8-4-7-22-19(24)12-27-20(25)16-5-6-18(21)23-11-16/h5-6,9-11H,4,7-8,12H2,1-3H3,(H,22,24). The van der Waals surface area contributed by atoms with Crippen LogP contribution in [0.25, 0.3) is 0 Å². The number of ether oxygens (including phenoxy) is 2. The van der Waals surface area contributed by atoms with Crippen molar-refractivity contribution in [3.63, 3.8) is 0 Å². The first-order chi connectivity index (χ1) is 12.9. The van der Waals surface area contributed by atoms with Gasteiger partial charge in [-0.2, -0.15) is 0 Å². The van der Waals surface area contributed by atoms with Crippen LogP contribution in [0.15, 0.2) is 30.5 Å². The molecule has 6 nitrogen and oxygen atoms in total. The minimum Gasteiger partial charge on any atom is -0.493 e. The Morgan fingerprint density at radius 2 is 1.96 bits per heavy atom. The van der Waals surface area contributed by atoms with Crippen LogP contribution < -0.4 is 10.1 Å². The number of carbonyl (C=O) groups is 2. The highest BCUT2D eigenvalue weighted by molar-refractivity contribution is 6.29. The van der Waals surface area contributed by atoms with Crippen molar-refractivity contribution in [2.24, 2.45) is 0 Å². The highest BCUT2D eigenvalue weighted by atomic mass is 35.5. The summed E-state index contributed by atoms with van der Waals surface area (Å²) >= 11 is 5.65. The predicted octanol–water partition coefficient (Wildman–Crippen LogP) is 3.40. The van der Waals surface area contributed by atoms with Crippen molar-refractivity contribution >= 4 is 23.5 Å². The molecule has 0 saturated carbocycles. The van der Waals surface area contributed by atoms with Gasteiger partial charge >= 0.3 is 5.97 Å². The first-order valence-electron chi connectivity index (χ1n) is 8.63. The number of hydrogen-bond acceptors (Lipinski definition) is 5. The normalized spacial score (nSPS) is 10.4. The molecule has 144 valence electrons. The fourth-order valence-electron chi connectivity index (χ4n) is 2.39. The van der Waals surface area contributed by atoms with Gasteiger partial charge in [0, 0.05) is 12.7 Å². The number of rotatable bonds is 8. The summed E-state index contributed by atoms with van der Waals surface area (Å²) in [5, 5.41) is 2.97. The van der Waals surface area contributed by atoms with Crippen LogP contribution in [0.4, 0.5) is 0 Å². The van der Waals surface area contributed by atoms with Crippen molar-refractivity contribution in [1.82, 2.24) is 10.3 Å². The van der Waals surface area contributed by atoms with Gasteiger partial charge in [0.25, 0.3) is 5.91 Å². The quantitative estimate of drug-likeness (QED) is 0.424. The zero-order valence-corrected chi connectivity index (χ0v) is 16.4. The zero-order valence-electron chi connectivity index (χ0n) is 15.7. The van der Waals surface area contributed by atoms with Crippen LogP contribution in [0.1, 0.15) is 33.5 Å². The Kier molecular flexibility index (Phi) is 7.61. The van der Waals surface area contributed by atoms with Gasteiger partial charge in [0.05, 0.1) is 12.2 Å². The van der Waals surface area contributed by atoms with Crippen LogP contribution in [0.2, 0.25) is 5.15 Å². The first-order valence-corrected chi connectivity index (χ1v) is 9.00. The van der Waals surface area contributed by atoms with E-state index in [0.717, 1.165) is 16.9 Å². The van der Waals surface area contributed by atoms with E-state index >= 15 is 0 Å². The third-order valence-corrected chi connectivity index (χ3v) is 4.19. The molecule has 27 heavy (non-hydrogen) atoms. The maximum atomic E-state index is 11.8. The minimum absolute atomic E-state index is 0.240. The Morgan fingerprint density at radius 3 is 2.67 bits per heavy atom. The summed E-state index contributed by atoms with van der Waals surface area (Å²) in [6, 6.07) is 7.09. The third kappa shape index (κ3) is 6.57. The van der Waals surface area contributed by atoms with Gasteiger partial charge in [0.1, 0.15) is 10.9 Å². The number of aryl methyl sites for hydroxylation is 2. The molecule has 1 N–H and O–H groups in total. The molecule has 1 amide bonds. The van der Waals surface area contributed by atoms with E-state index in [1.807, 2.05) is 19.9 Å². The van der Waals surface area contributed by atoms with Crippen molar-refractivity contribution in [3.05, 3.63) is 57.9 Å². The van der Waals surface area contributed by atoms with Crippen LogP contribution in [0, 0.1) is 20.8 Å². The van der Waals surface area contributed by atoms with Crippen LogP contribution in [0.5, 0.6) is 5.75 Å². The van der Waals surface area contributed by atoms with Gasteiger partial charge < -0.3 is 14.8 Å². The number of amides is 1. The Morgan fingerprint density at radius 1 is 1.19 bits per heavy atom. The lowest BCUT2D eigenvalue weighted by Gasteiger charge is -2.12. The molecule has 0 aliphatic rings. The predicted molar refractivity (Wildman–Crippen MR) is 103 cm³/mol. The van der Waals surface area contributed by atoms with E-state index < -0.39 is 5.97 Å². The van der Waals surface area contributed by atoms with Gasteiger partial charge in [-0.15, -0.1) is 0 Å². The van der Waals surface area contributed by atoms with E-state index in [1.54, 1.807) is 0 Å². The second-order valence-corrected chi connectivity index (χ2v) is 6.59. The van der Waals surface area contributed by atoms with E-state index in [0.29, 0.717) is 19.6 Å². The van der Waals surface area contributed by atoms with E-state index in [2.05, 4.69) is 23.3 Å². The van der Waals surface area contributed by atoms with E-state index in [9.17, 15) is 9.59 Å². The average molecular weight is 391 g/mol. The first kappa shape index (κ1) is 20.7. The van der Waals surface area contributed by atoms with Crippen molar-refractivity contribution in [3.8, 4) is 5.75 Å². The number of carbonyl (C=O) groups excluding carboxylic acids is 2. The van der Waals surface area contributed by atoms with Crippen LogP contribution in [-0.4, -0.2) is 36.6 Å². The fourth-order valence-corrected chi connectivity index (χ4v) is 2.51. The van der Waals surface area contributed by atoms with Gasteiger partial charge in [0.15, 0.2) is 6.61 Å². The topological polar surface area (TPSA) is 77.5 Å². The fraction of sp³-hybridized carbons (Fsp3) is 0.350. The van der Waals surface area contributed by atoms with Gasteiger partial charge in [0.2, 0.25) is 0 Å². The molecule has 7 heteroatoms. The molecule has 0 unspecified atom stereocenters. The average Bonchev–Trinajstić information content (AvgIpc) is 2.63. The molecule has 1 aromatic carbocycles. The number of pyridine rings is 1. The minimum atomic E-state index is -0.622. The smallest absolute Gasteiger partial charge is 0.340 e. The highest BCUT2D eigenvalue weighted by Crippen LogP contribution is 2.23. The number of esters is 1. The second kappa shape index (κ2) is 9.92. The number of aromatic nitrogens is 1. The molecule has 0 bridgehead atoms. The number of halogens is 1. The Hall–Kier alpha value is -2.60. The molecule has 0 aliphatic heterocycles. The van der Waals surface area contributed by atoms with Gasteiger partial charge in [-0.05, 0) is 62.1 Å². The number of benzene rings is 1. The zero-order chi connectivity index (χ0) is 19.8. The third-order valence-electron chi connectivity index (χ3n) is 3.96. The molecule has 1 aromatic heterocycles. The molecular weight excluding hydrogens is 368 g/mol. The van der Waals surface area contributed by atoms with Crippen molar-refractivity contribution in [1.29, 1.82) is 0 Å². The van der Waals surface area contributed by atoms with E-state index in [4.69, 9.17) is 21.1 Å². The number of nitrogens with one attached hydrogen (secondary N) is 1. The summed E-state index contributed by atoms with van der Waals surface area (Å²) in [5.74, 6) is -0.125. The largest absolute Gasteiger partial charge is 0.493 e.